The van der Waals surface area contributed by atoms with Crippen LogP contribution in [0.15, 0.2) is 18.3 Å². The summed E-state index contributed by atoms with van der Waals surface area (Å²) in [5, 5.41) is 13.4. The molecule has 1 aliphatic heterocycles. The van der Waals surface area contributed by atoms with Crippen molar-refractivity contribution in [3.63, 3.8) is 0 Å². The fourth-order valence-electron chi connectivity index (χ4n) is 3.34. The second-order valence-corrected chi connectivity index (χ2v) is 6.39. The van der Waals surface area contributed by atoms with Crippen LogP contribution in [0.4, 0.5) is 0 Å². The van der Waals surface area contributed by atoms with Crippen LogP contribution in [-0.4, -0.2) is 33.6 Å². The topological polar surface area (TPSA) is 57.5 Å². The molecule has 0 aliphatic carbocycles. The molecular weight excluding hydrogens is 278 g/mol. The number of fused-ring (bicyclic) bond motifs is 2. The smallest absolute Gasteiger partial charge is 0.325 e. The maximum absolute atomic E-state index is 11.5. The van der Waals surface area contributed by atoms with E-state index in [-0.39, 0.29) is 0 Å². The molecular formula is C17H23N3O2. The molecule has 2 heterocycles. The van der Waals surface area contributed by atoms with Gasteiger partial charge in [-0.05, 0) is 44.2 Å². The number of likely N-dealkylation sites (N-methyl/N-ethyl adjacent to an activating group) is 1. The second kappa shape index (κ2) is 5.41. The number of nitrogens with one attached hydrogen (secondary N) is 1. The molecule has 0 spiro atoms. The van der Waals surface area contributed by atoms with Gasteiger partial charge in [0, 0.05) is 48.8 Å². The van der Waals surface area contributed by atoms with Crippen LogP contribution in [-0.2, 0) is 24.9 Å². The van der Waals surface area contributed by atoms with Gasteiger partial charge >= 0.3 is 5.97 Å². The highest BCUT2D eigenvalue weighted by Gasteiger charge is 2.26. The minimum Gasteiger partial charge on any atom is -0.480 e. The number of nitrogens with zero attached hydrogens (tertiary/aromatic N) is 2. The summed E-state index contributed by atoms with van der Waals surface area (Å²) in [7, 11) is 3.66. The Morgan fingerprint density at radius 3 is 2.45 bits per heavy atom. The third-order valence-corrected chi connectivity index (χ3v) is 4.67. The molecule has 1 aromatic carbocycles. The van der Waals surface area contributed by atoms with Gasteiger partial charge in [0.25, 0.3) is 0 Å². The first-order valence-electron chi connectivity index (χ1n) is 7.67. The van der Waals surface area contributed by atoms with Crippen LogP contribution >= 0.6 is 0 Å². The van der Waals surface area contributed by atoms with Crippen molar-refractivity contribution in [2.75, 3.05) is 7.05 Å². The predicted molar refractivity (Wildman–Crippen MR) is 86.7 cm³/mol. The predicted octanol–water partition coefficient (Wildman–Crippen LogP) is 2.25. The van der Waals surface area contributed by atoms with Gasteiger partial charge in [-0.2, -0.15) is 0 Å². The van der Waals surface area contributed by atoms with Gasteiger partial charge in [-0.15, -0.1) is 0 Å². The van der Waals surface area contributed by atoms with Crippen molar-refractivity contribution in [2.24, 2.45) is 7.05 Å². The Bertz CT molecular complexity index is 733. The fraction of sp³-hybridized carbons (Fsp3) is 0.471. The zero-order valence-corrected chi connectivity index (χ0v) is 13.6. The van der Waals surface area contributed by atoms with Crippen LogP contribution < -0.4 is 5.32 Å². The lowest BCUT2D eigenvalue weighted by atomic mass is 10.0. The normalized spacial score (nSPS) is 16.4. The summed E-state index contributed by atoms with van der Waals surface area (Å²) in [4.78, 5) is 13.9. The molecule has 2 N–H and O–H groups in total. The maximum atomic E-state index is 11.5. The van der Waals surface area contributed by atoms with E-state index in [1.807, 2.05) is 17.8 Å². The lowest BCUT2D eigenvalue weighted by Gasteiger charge is -2.18. The Balaban J connectivity index is 2.12. The highest BCUT2D eigenvalue weighted by Crippen LogP contribution is 2.33. The van der Waals surface area contributed by atoms with Crippen LogP contribution in [0.2, 0.25) is 0 Å². The quantitative estimate of drug-likeness (QED) is 0.909. The van der Waals surface area contributed by atoms with Crippen molar-refractivity contribution in [3.8, 4) is 0 Å². The van der Waals surface area contributed by atoms with Gasteiger partial charge in [-0.3, -0.25) is 9.69 Å². The molecule has 2 aromatic rings. The molecule has 0 radical (unpaired) electrons. The number of aromatic nitrogens is 1. The van der Waals surface area contributed by atoms with E-state index in [0.29, 0.717) is 6.04 Å². The number of hydrogen-bond acceptors (Lipinski definition) is 3. The molecule has 0 saturated carbocycles. The molecule has 118 valence electrons. The molecule has 1 atom stereocenters. The monoisotopic (exact) mass is 301 g/mol. The first kappa shape index (κ1) is 15.1. The summed E-state index contributed by atoms with van der Waals surface area (Å²) in [6, 6.07) is 4.23. The van der Waals surface area contributed by atoms with Crippen LogP contribution in [0.25, 0.3) is 10.9 Å². The van der Waals surface area contributed by atoms with Gasteiger partial charge < -0.3 is 15.0 Å². The zero-order chi connectivity index (χ0) is 16.0. The van der Waals surface area contributed by atoms with E-state index in [0.717, 1.165) is 29.6 Å². The highest BCUT2D eigenvalue weighted by molar-refractivity contribution is 5.90. The third kappa shape index (κ3) is 2.30. The Morgan fingerprint density at radius 2 is 1.91 bits per heavy atom. The molecule has 0 bridgehead atoms. The number of carboxylic acid groups (broad SMARTS) is 1. The number of rotatable bonds is 4. The SMILES string of the molecule is CNC(C(=O)O)c1cn(C)c2cc3c(cc12)CN(C(C)C)C3. The van der Waals surface area contributed by atoms with Gasteiger partial charge in [0.15, 0.2) is 0 Å². The molecule has 1 aliphatic rings. The lowest BCUT2D eigenvalue weighted by Crippen LogP contribution is -2.24. The average Bonchev–Trinajstić information content (AvgIpc) is 3.00. The summed E-state index contributed by atoms with van der Waals surface area (Å²) in [6.45, 7) is 6.32. The van der Waals surface area contributed by atoms with Crippen molar-refractivity contribution in [1.29, 1.82) is 0 Å². The first-order chi connectivity index (χ1) is 10.4. The molecule has 0 saturated heterocycles. The standard InChI is InChI=1S/C17H23N3O2/c1-10(2)20-7-11-5-13-14(16(18-3)17(21)22)9-19(4)15(13)6-12(11)8-20/h5-6,9-10,16,18H,7-8H2,1-4H3,(H,21,22). The Kier molecular flexibility index (Phi) is 3.70. The van der Waals surface area contributed by atoms with Crippen LogP contribution in [0.1, 0.15) is 36.6 Å². The summed E-state index contributed by atoms with van der Waals surface area (Å²) >= 11 is 0. The van der Waals surface area contributed by atoms with E-state index in [1.165, 1.54) is 11.1 Å². The van der Waals surface area contributed by atoms with Crippen molar-refractivity contribution in [3.05, 3.63) is 35.0 Å². The van der Waals surface area contributed by atoms with Crippen molar-refractivity contribution in [1.82, 2.24) is 14.8 Å². The van der Waals surface area contributed by atoms with Crippen LogP contribution in [0.5, 0.6) is 0 Å². The van der Waals surface area contributed by atoms with E-state index in [1.54, 1.807) is 7.05 Å². The number of benzene rings is 1. The van der Waals surface area contributed by atoms with E-state index >= 15 is 0 Å². The summed E-state index contributed by atoms with van der Waals surface area (Å²) < 4.78 is 2.02. The number of carboxylic acids is 1. The van der Waals surface area contributed by atoms with Gasteiger partial charge in [-0.25, -0.2) is 0 Å². The van der Waals surface area contributed by atoms with Crippen molar-refractivity contribution < 1.29 is 9.90 Å². The van der Waals surface area contributed by atoms with Gasteiger partial charge in [-0.1, -0.05) is 0 Å². The molecule has 1 unspecified atom stereocenters. The minimum absolute atomic E-state index is 0.513. The third-order valence-electron chi connectivity index (χ3n) is 4.67. The summed E-state index contributed by atoms with van der Waals surface area (Å²) in [5.41, 5.74) is 4.60. The average molecular weight is 301 g/mol. The highest BCUT2D eigenvalue weighted by atomic mass is 16.4. The van der Waals surface area contributed by atoms with E-state index in [2.05, 4.69) is 36.2 Å². The zero-order valence-electron chi connectivity index (χ0n) is 13.6. The first-order valence-corrected chi connectivity index (χ1v) is 7.67. The number of aryl methyl sites for hydroxylation is 1. The Labute approximate surface area is 130 Å². The molecule has 3 rings (SSSR count). The number of hydrogen-bond donors (Lipinski definition) is 2. The number of carbonyl (C=O) groups is 1. The Hall–Kier alpha value is -1.85. The molecule has 0 amide bonds. The maximum Gasteiger partial charge on any atom is 0.325 e. The van der Waals surface area contributed by atoms with Gasteiger partial charge in [0.05, 0.1) is 0 Å². The molecule has 5 nitrogen and oxygen atoms in total. The lowest BCUT2D eigenvalue weighted by molar-refractivity contribution is -0.139. The van der Waals surface area contributed by atoms with E-state index in [4.69, 9.17) is 0 Å². The molecule has 0 fully saturated rings. The van der Waals surface area contributed by atoms with Crippen LogP contribution in [0, 0.1) is 0 Å². The van der Waals surface area contributed by atoms with Crippen molar-refractivity contribution in [2.45, 2.75) is 39.0 Å². The largest absolute Gasteiger partial charge is 0.480 e. The Morgan fingerprint density at radius 1 is 1.27 bits per heavy atom. The fourth-order valence-corrected chi connectivity index (χ4v) is 3.34. The molecule has 22 heavy (non-hydrogen) atoms. The van der Waals surface area contributed by atoms with Crippen molar-refractivity contribution >= 4 is 16.9 Å². The summed E-state index contributed by atoms with van der Waals surface area (Å²) in [6.07, 6.45) is 1.93. The number of aliphatic carboxylic acids is 1. The summed E-state index contributed by atoms with van der Waals surface area (Å²) in [5.74, 6) is -0.848. The van der Waals surface area contributed by atoms with E-state index in [9.17, 15) is 9.90 Å². The van der Waals surface area contributed by atoms with Gasteiger partial charge in [0.1, 0.15) is 6.04 Å². The minimum atomic E-state index is -0.848. The van der Waals surface area contributed by atoms with Gasteiger partial charge in [0.2, 0.25) is 0 Å². The van der Waals surface area contributed by atoms with E-state index < -0.39 is 12.0 Å². The second-order valence-electron chi connectivity index (χ2n) is 6.39. The molecule has 5 heteroatoms. The van der Waals surface area contributed by atoms with Crippen LogP contribution in [0.3, 0.4) is 0 Å². The molecule has 1 aromatic heterocycles.